The number of esters is 1. The molecule has 2 atom stereocenters. The van der Waals surface area contributed by atoms with E-state index in [2.05, 4.69) is 43.5 Å². The van der Waals surface area contributed by atoms with Gasteiger partial charge in [-0.05, 0) is 44.9 Å². The van der Waals surface area contributed by atoms with Crippen LogP contribution in [0.15, 0.2) is 24.3 Å². The van der Waals surface area contributed by atoms with Gasteiger partial charge in [-0.3, -0.25) is 18.6 Å². The maximum absolute atomic E-state index is 12.1. The summed E-state index contributed by atoms with van der Waals surface area (Å²) >= 11 is 0. The fourth-order valence-electron chi connectivity index (χ4n) is 6.06. The maximum atomic E-state index is 12.1. The molecule has 0 aliphatic heterocycles. The number of hydrogen-bond donors (Lipinski definition) is 3. The molecule has 1 amide bonds. The molecule has 0 aromatic heterocycles. The standard InChI is InChI=1S/C43H82NO8P/c1-3-5-7-9-11-13-15-17-19-20-21-22-23-25-27-29-31-33-35-42(46)44-37-38-51-53(48,49)52-40-41(45)39-50-43(47)36-34-32-30-28-26-24-18-16-14-12-10-8-6-4-2/h13,15,19-20,41,45H,3-12,14,16-18,21-40H2,1-2H3,(H,44,46)(H,48,49)/b15-13-,20-19-. The lowest BCUT2D eigenvalue weighted by Gasteiger charge is -2.15. The summed E-state index contributed by atoms with van der Waals surface area (Å²) in [6.45, 7) is 3.54. The number of unbranched alkanes of at least 4 members (excludes halogenated alkanes) is 24. The van der Waals surface area contributed by atoms with Crippen LogP contribution in [0.5, 0.6) is 0 Å². The Balaban J connectivity index is 3.59. The van der Waals surface area contributed by atoms with Gasteiger partial charge in [0.15, 0.2) is 0 Å². The van der Waals surface area contributed by atoms with Crippen LogP contribution in [0.1, 0.15) is 206 Å². The van der Waals surface area contributed by atoms with Crippen molar-refractivity contribution in [1.82, 2.24) is 5.32 Å². The predicted octanol–water partition coefficient (Wildman–Crippen LogP) is 12.0. The SMILES string of the molecule is CCCCCC/C=C\C/C=C\CCCCCCCCCC(=O)NCCOP(=O)(O)OCC(O)COC(=O)CCCCCCCCCCCCCCCC. The number of carbonyl (C=O) groups is 2. The van der Waals surface area contributed by atoms with Gasteiger partial charge in [-0.15, -0.1) is 0 Å². The number of hydrogen-bond acceptors (Lipinski definition) is 7. The van der Waals surface area contributed by atoms with Crippen LogP contribution in [-0.4, -0.2) is 54.3 Å². The van der Waals surface area contributed by atoms with Crippen molar-refractivity contribution in [2.24, 2.45) is 0 Å². The first-order chi connectivity index (χ1) is 25.8. The third-order valence-corrected chi connectivity index (χ3v) is 10.4. The van der Waals surface area contributed by atoms with Crippen molar-refractivity contribution >= 4 is 19.7 Å². The maximum Gasteiger partial charge on any atom is 0.472 e. The zero-order valence-electron chi connectivity index (χ0n) is 34.2. The van der Waals surface area contributed by atoms with Crippen molar-refractivity contribution in [2.75, 3.05) is 26.4 Å². The van der Waals surface area contributed by atoms with Gasteiger partial charge < -0.3 is 20.1 Å². The van der Waals surface area contributed by atoms with Crippen LogP contribution in [0.3, 0.4) is 0 Å². The van der Waals surface area contributed by atoms with Crippen molar-refractivity contribution < 1.29 is 37.9 Å². The van der Waals surface area contributed by atoms with Crippen LogP contribution in [0, 0.1) is 0 Å². The van der Waals surface area contributed by atoms with E-state index in [1.165, 1.54) is 128 Å². The van der Waals surface area contributed by atoms with E-state index >= 15 is 0 Å². The van der Waals surface area contributed by atoms with Gasteiger partial charge in [0, 0.05) is 19.4 Å². The average Bonchev–Trinajstić information content (AvgIpc) is 3.14. The van der Waals surface area contributed by atoms with E-state index in [4.69, 9.17) is 13.8 Å². The summed E-state index contributed by atoms with van der Waals surface area (Å²) in [7, 11) is -4.41. The zero-order chi connectivity index (χ0) is 38.9. The van der Waals surface area contributed by atoms with E-state index in [-0.39, 0.29) is 32.1 Å². The van der Waals surface area contributed by atoms with Crippen molar-refractivity contribution in [1.29, 1.82) is 0 Å². The van der Waals surface area contributed by atoms with E-state index < -0.39 is 26.5 Å². The highest BCUT2D eigenvalue weighted by Crippen LogP contribution is 2.42. The summed E-state index contributed by atoms with van der Waals surface area (Å²) in [4.78, 5) is 33.9. The van der Waals surface area contributed by atoms with E-state index in [0.717, 1.165) is 51.4 Å². The second kappa shape index (κ2) is 40.2. The molecule has 53 heavy (non-hydrogen) atoms. The minimum Gasteiger partial charge on any atom is -0.463 e. The minimum atomic E-state index is -4.41. The van der Waals surface area contributed by atoms with Crippen LogP contribution in [0.2, 0.25) is 0 Å². The smallest absolute Gasteiger partial charge is 0.463 e. The Morgan fingerprint density at radius 3 is 1.53 bits per heavy atom. The number of phosphoric acid groups is 1. The van der Waals surface area contributed by atoms with Gasteiger partial charge >= 0.3 is 13.8 Å². The second-order valence-corrected chi connectivity index (χ2v) is 16.1. The molecule has 2 unspecified atom stereocenters. The van der Waals surface area contributed by atoms with Crippen LogP contribution >= 0.6 is 7.82 Å². The summed E-state index contributed by atoms with van der Waals surface area (Å²) in [6, 6.07) is 0. The lowest BCUT2D eigenvalue weighted by atomic mass is 10.0. The number of phosphoric ester groups is 1. The van der Waals surface area contributed by atoms with Gasteiger partial charge in [-0.25, -0.2) is 4.57 Å². The highest BCUT2D eigenvalue weighted by molar-refractivity contribution is 7.47. The van der Waals surface area contributed by atoms with Gasteiger partial charge in [0.2, 0.25) is 5.91 Å². The fraction of sp³-hybridized carbons (Fsp3) is 0.860. The van der Waals surface area contributed by atoms with E-state index in [1.807, 2.05) is 0 Å². The molecule has 0 aromatic carbocycles. The van der Waals surface area contributed by atoms with Crippen LogP contribution < -0.4 is 5.32 Å². The lowest BCUT2D eigenvalue weighted by molar-refractivity contribution is -0.147. The van der Waals surface area contributed by atoms with Gasteiger partial charge in [0.1, 0.15) is 12.7 Å². The molecule has 0 aliphatic carbocycles. The molecule has 0 spiro atoms. The van der Waals surface area contributed by atoms with Crippen LogP contribution in [0.4, 0.5) is 0 Å². The molecule has 0 saturated carbocycles. The molecule has 9 nitrogen and oxygen atoms in total. The minimum absolute atomic E-state index is 0.0793. The number of aliphatic hydroxyl groups excluding tert-OH is 1. The number of allylic oxidation sites excluding steroid dienone is 4. The van der Waals surface area contributed by atoms with Crippen LogP contribution in [0.25, 0.3) is 0 Å². The predicted molar refractivity (Wildman–Crippen MR) is 220 cm³/mol. The number of rotatable bonds is 41. The Morgan fingerprint density at radius 1 is 0.585 bits per heavy atom. The molecule has 0 rings (SSSR count). The largest absolute Gasteiger partial charge is 0.472 e. The fourth-order valence-corrected chi connectivity index (χ4v) is 6.81. The first-order valence-corrected chi connectivity index (χ1v) is 23.3. The summed E-state index contributed by atoms with van der Waals surface area (Å²) in [5.41, 5.74) is 0. The monoisotopic (exact) mass is 772 g/mol. The summed E-state index contributed by atoms with van der Waals surface area (Å²) in [5, 5.41) is 12.7. The lowest BCUT2D eigenvalue weighted by Crippen LogP contribution is -2.27. The summed E-state index contributed by atoms with van der Waals surface area (Å²) in [6.07, 6.45) is 42.4. The molecule has 0 radical (unpaired) electrons. The first-order valence-electron chi connectivity index (χ1n) is 21.8. The summed E-state index contributed by atoms with van der Waals surface area (Å²) in [5.74, 6) is -0.518. The molecule has 0 fully saturated rings. The third-order valence-electron chi connectivity index (χ3n) is 9.38. The highest BCUT2D eigenvalue weighted by Gasteiger charge is 2.23. The van der Waals surface area contributed by atoms with Crippen molar-refractivity contribution in [2.45, 2.75) is 213 Å². The third kappa shape index (κ3) is 41.5. The van der Waals surface area contributed by atoms with E-state index in [9.17, 15) is 24.2 Å². The molecule has 0 bridgehead atoms. The molecule has 312 valence electrons. The molecule has 10 heteroatoms. The topological polar surface area (TPSA) is 131 Å². The Morgan fingerprint density at radius 2 is 1.02 bits per heavy atom. The molecular formula is C43H82NO8P. The second-order valence-electron chi connectivity index (χ2n) is 14.7. The molecule has 0 heterocycles. The van der Waals surface area contributed by atoms with E-state index in [0.29, 0.717) is 6.42 Å². The Bertz CT molecular complexity index is 928. The Kier molecular flexibility index (Phi) is 39.0. The van der Waals surface area contributed by atoms with Crippen molar-refractivity contribution in [3.8, 4) is 0 Å². The quantitative estimate of drug-likeness (QED) is 0.0242. The Hall–Kier alpha value is -1.51. The zero-order valence-corrected chi connectivity index (χ0v) is 35.1. The first kappa shape index (κ1) is 51.5. The molecule has 0 aliphatic rings. The Labute approximate surface area is 325 Å². The molecule has 3 N–H and O–H groups in total. The molecule has 0 saturated heterocycles. The number of nitrogens with one attached hydrogen (secondary N) is 1. The van der Waals surface area contributed by atoms with Gasteiger partial charge in [-0.1, -0.05) is 173 Å². The number of aliphatic hydroxyl groups is 1. The van der Waals surface area contributed by atoms with Gasteiger partial charge in [0.25, 0.3) is 0 Å². The van der Waals surface area contributed by atoms with E-state index in [1.54, 1.807) is 0 Å². The summed E-state index contributed by atoms with van der Waals surface area (Å²) < 4.78 is 26.9. The highest BCUT2D eigenvalue weighted by atomic mass is 31.2. The molecular weight excluding hydrogens is 689 g/mol. The van der Waals surface area contributed by atoms with Gasteiger partial charge in [0.05, 0.1) is 13.2 Å². The number of amides is 1. The number of carbonyl (C=O) groups excluding carboxylic acids is 2. The van der Waals surface area contributed by atoms with Crippen molar-refractivity contribution in [3.05, 3.63) is 24.3 Å². The number of ether oxygens (including phenoxy) is 1. The van der Waals surface area contributed by atoms with Crippen molar-refractivity contribution in [3.63, 3.8) is 0 Å². The molecule has 0 aromatic rings. The van der Waals surface area contributed by atoms with Gasteiger partial charge in [-0.2, -0.15) is 0 Å². The normalized spacial score (nSPS) is 13.5. The van der Waals surface area contributed by atoms with Crippen LogP contribution in [-0.2, 0) is 27.9 Å². The average molecular weight is 772 g/mol.